The topological polar surface area (TPSA) is 107 Å². The summed E-state index contributed by atoms with van der Waals surface area (Å²) in [4.78, 5) is 36.0. The summed E-state index contributed by atoms with van der Waals surface area (Å²) in [5.41, 5.74) is 4.71. The molecule has 0 spiro atoms. The van der Waals surface area contributed by atoms with Crippen LogP contribution < -0.4 is 5.73 Å². The van der Waals surface area contributed by atoms with Crippen molar-refractivity contribution < 1.29 is 24.2 Å². The molecular weight excluding hydrogens is 310 g/mol. The lowest BCUT2D eigenvalue weighted by Crippen LogP contribution is -2.58. The molecule has 6 heteroatoms. The van der Waals surface area contributed by atoms with Crippen molar-refractivity contribution in [3.8, 4) is 0 Å². The van der Waals surface area contributed by atoms with Gasteiger partial charge in [-0.05, 0) is 24.3 Å². The molecular formula is C18H23NO5. The first-order valence-electron chi connectivity index (χ1n) is 8.18. The summed E-state index contributed by atoms with van der Waals surface area (Å²) in [7, 11) is 0. The van der Waals surface area contributed by atoms with Crippen molar-refractivity contribution >= 4 is 18.2 Å². The van der Waals surface area contributed by atoms with E-state index in [1.807, 2.05) is 6.07 Å². The number of carboxylic acid groups (broad SMARTS) is 1. The quantitative estimate of drug-likeness (QED) is 0.448. The monoisotopic (exact) mass is 333 g/mol. The van der Waals surface area contributed by atoms with E-state index in [1.54, 1.807) is 24.3 Å². The average molecular weight is 333 g/mol. The first-order chi connectivity index (χ1) is 11.5. The summed E-state index contributed by atoms with van der Waals surface area (Å²) in [5, 5.41) is 9.32. The normalized spacial score (nSPS) is 19.0. The summed E-state index contributed by atoms with van der Waals surface area (Å²) in [5.74, 6) is -2.62. The molecule has 1 aliphatic carbocycles. The van der Waals surface area contributed by atoms with Gasteiger partial charge in [0.25, 0.3) is 0 Å². The minimum Gasteiger partial charge on any atom is -0.480 e. The molecule has 0 radical (unpaired) electrons. The molecule has 3 N–H and O–H groups in total. The summed E-state index contributed by atoms with van der Waals surface area (Å²) in [6.07, 6.45) is 4.29. The van der Waals surface area contributed by atoms with Crippen LogP contribution in [0.5, 0.6) is 0 Å². The van der Waals surface area contributed by atoms with E-state index in [2.05, 4.69) is 0 Å². The molecule has 130 valence electrons. The third kappa shape index (κ3) is 3.64. The van der Waals surface area contributed by atoms with Crippen LogP contribution >= 0.6 is 0 Å². The molecule has 0 saturated heterocycles. The molecule has 0 aromatic heterocycles. The fourth-order valence-corrected chi connectivity index (χ4v) is 3.40. The molecule has 2 unspecified atom stereocenters. The number of carbonyl (C=O) groups excluding carboxylic acids is 2. The lowest BCUT2D eigenvalue weighted by molar-refractivity contribution is -0.170. The van der Waals surface area contributed by atoms with Gasteiger partial charge in [-0.3, -0.25) is 9.59 Å². The molecule has 6 nitrogen and oxygen atoms in total. The number of ether oxygens (including phenoxy) is 1. The Bertz CT molecular complexity index is 582. The highest BCUT2D eigenvalue weighted by molar-refractivity contribution is 6.00. The van der Waals surface area contributed by atoms with Crippen LogP contribution in [-0.2, 0) is 25.7 Å². The minimum atomic E-state index is -1.83. The van der Waals surface area contributed by atoms with Gasteiger partial charge in [0.1, 0.15) is 18.9 Å². The summed E-state index contributed by atoms with van der Waals surface area (Å²) in [6.45, 7) is -0.0195. The smallest absolute Gasteiger partial charge is 0.322 e. The zero-order chi connectivity index (χ0) is 17.6. The lowest BCUT2D eigenvalue weighted by atomic mass is 9.65. The predicted molar refractivity (Wildman–Crippen MR) is 86.9 cm³/mol. The van der Waals surface area contributed by atoms with Crippen molar-refractivity contribution in [2.45, 2.75) is 44.8 Å². The van der Waals surface area contributed by atoms with Gasteiger partial charge in [-0.1, -0.05) is 49.6 Å². The Morgan fingerprint density at radius 3 is 2.42 bits per heavy atom. The van der Waals surface area contributed by atoms with Crippen LogP contribution in [0.3, 0.4) is 0 Å². The highest BCUT2D eigenvalue weighted by Crippen LogP contribution is 2.40. The standard InChI is InChI=1S/C18H23NO5/c19-15(16(21)22)18(12-20,14-9-5-2-6-10-14)17(23)24-11-13-7-3-1-4-8-13/h1,3-4,7-8,12,14-15H,2,5-6,9-11,19H2,(H,21,22). The predicted octanol–water partition coefficient (Wildman–Crippen LogP) is 1.91. The second-order valence-electron chi connectivity index (χ2n) is 6.26. The fraction of sp³-hybridized carbons (Fsp3) is 0.500. The van der Waals surface area contributed by atoms with Gasteiger partial charge in [0.15, 0.2) is 5.41 Å². The van der Waals surface area contributed by atoms with Crippen LogP contribution in [0.25, 0.3) is 0 Å². The molecule has 0 aliphatic heterocycles. The minimum absolute atomic E-state index is 0.0195. The molecule has 0 amide bonds. The van der Waals surface area contributed by atoms with Crippen LogP contribution in [0.4, 0.5) is 0 Å². The van der Waals surface area contributed by atoms with Gasteiger partial charge >= 0.3 is 11.9 Å². The Morgan fingerprint density at radius 1 is 1.25 bits per heavy atom. The van der Waals surface area contributed by atoms with Gasteiger partial charge < -0.3 is 20.4 Å². The number of carbonyl (C=O) groups is 3. The van der Waals surface area contributed by atoms with Crippen LogP contribution in [0.2, 0.25) is 0 Å². The zero-order valence-corrected chi connectivity index (χ0v) is 13.5. The Labute approximate surface area is 141 Å². The highest BCUT2D eigenvalue weighted by Gasteiger charge is 2.54. The second kappa shape index (κ2) is 8.06. The Kier molecular flexibility index (Phi) is 6.09. The number of aliphatic carboxylic acids is 1. The zero-order valence-electron chi connectivity index (χ0n) is 13.5. The first kappa shape index (κ1) is 18.1. The van der Waals surface area contributed by atoms with E-state index in [1.165, 1.54) is 0 Å². The van der Waals surface area contributed by atoms with Gasteiger partial charge in [0, 0.05) is 0 Å². The lowest BCUT2D eigenvalue weighted by Gasteiger charge is -2.38. The number of carboxylic acids is 1. The molecule has 2 atom stereocenters. The van der Waals surface area contributed by atoms with E-state index in [4.69, 9.17) is 10.5 Å². The number of hydrogen-bond donors (Lipinski definition) is 2. The van der Waals surface area contributed by atoms with E-state index >= 15 is 0 Å². The van der Waals surface area contributed by atoms with E-state index in [-0.39, 0.29) is 6.61 Å². The van der Waals surface area contributed by atoms with Gasteiger partial charge in [-0.2, -0.15) is 0 Å². The maximum absolute atomic E-state index is 12.7. The van der Waals surface area contributed by atoms with Gasteiger partial charge in [-0.25, -0.2) is 0 Å². The molecule has 24 heavy (non-hydrogen) atoms. The molecule has 1 aliphatic rings. The van der Waals surface area contributed by atoms with Crippen molar-refractivity contribution in [2.24, 2.45) is 17.1 Å². The Morgan fingerprint density at radius 2 is 1.88 bits per heavy atom. The first-order valence-corrected chi connectivity index (χ1v) is 8.18. The maximum Gasteiger partial charge on any atom is 0.322 e. The summed E-state index contributed by atoms with van der Waals surface area (Å²) >= 11 is 0. The molecule has 0 bridgehead atoms. The van der Waals surface area contributed by atoms with Crippen molar-refractivity contribution in [2.75, 3.05) is 0 Å². The molecule has 2 rings (SSSR count). The van der Waals surface area contributed by atoms with Crippen molar-refractivity contribution in [3.63, 3.8) is 0 Å². The number of aldehydes is 1. The molecule has 1 aromatic rings. The maximum atomic E-state index is 12.7. The number of hydrogen-bond acceptors (Lipinski definition) is 5. The molecule has 0 heterocycles. The van der Waals surface area contributed by atoms with E-state index in [0.29, 0.717) is 19.1 Å². The number of nitrogens with two attached hydrogens (primary N) is 1. The fourth-order valence-electron chi connectivity index (χ4n) is 3.40. The molecule has 1 saturated carbocycles. The van der Waals surface area contributed by atoms with Crippen LogP contribution in [0.1, 0.15) is 37.7 Å². The van der Waals surface area contributed by atoms with Crippen LogP contribution in [0, 0.1) is 11.3 Å². The Balaban J connectivity index is 2.24. The summed E-state index contributed by atoms with van der Waals surface area (Å²) < 4.78 is 5.30. The van der Waals surface area contributed by atoms with E-state index < -0.39 is 29.3 Å². The third-order valence-electron chi connectivity index (χ3n) is 4.82. The largest absolute Gasteiger partial charge is 0.480 e. The van der Waals surface area contributed by atoms with Crippen LogP contribution in [-0.4, -0.2) is 29.4 Å². The second-order valence-corrected chi connectivity index (χ2v) is 6.26. The molecule has 1 fully saturated rings. The summed E-state index contributed by atoms with van der Waals surface area (Å²) in [6, 6.07) is 7.41. The number of benzene rings is 1. The van der Waals surface area contributed by atoms with E-state index in [9.17, 15) is 19.5 Å². The van der Waals surface area contributed by atoms with Crippen molar-refractivity contribution in [1.82, 2.24) is 0 Å². The average Bonchev–Trinajstić information content (AvgIpc) is 2.62. The third-order valence-corrected chi connectivity index (χ3v) is 4.82. The van der Waals surface area contributed by atoms with Crippen molar-refractivity contribution in [3.05, 3.63) is 35.9 Å². The van der Waals surface area contributed by atoms with Gasteiger partial charge in [0.2, 0.25) is 0 Å². The molecule has 1 aromatic carbocycles. The van der Waals surface area contributed by atoms with Gasteiger partial charge in [0.05, 0.1) is 0 Å². The number of esters is 1. The highest BCUT2D eigenvalue weighted by atomic mass is 16.5. The SMILES string of the molecule is NC(C(=O)O)C(C=O)(C(=O)OCc1ccccc1)C1CCCCC1. The number of rotatable bonds is 7. The van der Waals surface area contributed by atoms with E-state index in [0.717, 1.165) is 24.8 Å². The Hall–Kier alpha value is -2.21. The van der Waals surface area contributed by atoms with Gasteiger partial charge in [-0.15, -0.1) is 0 Å². The van der Waals surface area contributed by atoms with Crippen LogP contribution in [0.15, 0.2) is 30.3 Å². The van der Waals surface area contributed by atoms with Crippen molar-refractivity contribution in [1.29, 1.82) is 0 Å².